The van der Waals surface area contributed by atoms with Crippen molar-refractivity contribution in [3.05, 3.63) is 10.6 Å². The van der Waals surface area contributed by atoms with Crippen molar-refractivity contribution in [2.24, 2.45) is 5.41 Å². The number of thioether (sulfide) groups is 1. The second-order valence-corrected chi connectivity index (χ2v) is 7.28. The van der Waals surface area contributed by atoms with E-state index in [1.54, 1.807) is 11.8 Å². The van der Waals surface area contributed by atoms with Crippen LogP contribution in [0, 0.1) is 5.41 Å². The number of allylic oxidation sites excluding steroid dienone is 1. The highest BCUT2D eigenvalue weighted by Crippen LogP contribution is 2.42. The van der Waals surface area contributed by atoms with Crippen LogP contribution in [0.1, 0.15) is 40.0 Å². The molecule has 0 aromatic carbocycles. The molecule has 4 nitrogen and oxygen atoms in total. The summed E-state index contributed by atoms with van der Waals surface area (Å²) in [6.45, 7) is 8.51. The molecule has 0 aromatic rings. The zero-order valence-corrected chi connectivity index (χ0v) is 13.3. The van der Waals surface area contributed by atoms with Crippen LogP contribution < -0.4 is 5.48 Å². The van der Waals surface area contributed by atoms with E-state index in [1.807, 2.05) is 20.8 Å². The number of aldehydes is 1. The first kappa shape index (κ1) is 16.7. The zero-order valence-electron chi connectivity index (χ0n) is 12.5. The summed E-state index contributed by atoms with van der Waals surface area (Å²) in [5.41, 5.74) is 2.00. The quantitative estimate of drug-likeness (QED) is 0.612. The van der Waals surface area contributed by atoms with Crippen molar-refractivity contribution in [1.29, 1.82) is 0 Å². The normalized spacial score (nSPS) is 24.4. The van der Waals surface area contributed by atoms with Crippen LogP contribution in [-0.2, 0) is 4.79 Å². The van der Waals surface area contributed by atoms with Gasteiger partial charge in [0.15, 0.2) is 5.03 Å². The highest BCUT2D eigenvalue weighted by atomic mass is 32.2. The lowest BCUT2D eigenvalue weighted by Crippen LogP contribution is -2.77. The Morgan fingerprint density at radius 3 is 2.32 bits per heavy atom. The second kappa shape index (κ2) is 7.43. The van der Waals surface area contributed by atoms with Gasteiger partial charge in [-0.3, -0.25) is 0 Å². The van der Waals surface area contributed by atoms with Crippen molar-refractivity contribution in [3.63, 3.8) is 0 Å². The maximum absolute atomic E-state index is 10.8. The summed E-state index contributed by atoms with van der Waals surface area (Å²) >= 11 is 1.59. The predicted octanol–water partition coefficient (Wildman–Crippen LogP) is 1.61. The Kier molecular flexibility index (Phi) is 6.53. The van der Waals surface area contributed by atoms with Crippen molar-refractivity contribution in [1.82, 2.24) is 4.90 Å². The molecule has 0 bridgehead atoms. The van der Waals surface area contributed by atoms with Gasteiger partial charge in [0, 0.05) is 10.7 Å². The number of likely N-dealkylation sites (tertiary alicyclic amines) is 1. The van der Waals surface area contributed by atoms with Crippen molar-refractivity contribution >= 4 is 18.0 Å². The van der Waals surface area contributed by atoms with Crippen molar-refractivity contribution < 1.29 is 15.5 Å². The van der Waals surface area contributed by atoms with Crippen LogP contribution in [0.4, 0.5) is 0 Å². The van der Waals surface area contributed by atoms with Crippen LogP contribution >= 0.6 is 11.8 Å². The summed E-state index contributed by atoms with van der Waals surface area (Å²) in [5.74, 6) is 0. The number of rotatable bonds is 3. The molecule has 0 amide bonds. The smallest absolute Gasteiger partial charge is 0.195 e. The fourth-order valence-corrected chi connectivity index (χ4v) is 3.53. The van der Waals surface area contributed by atoms with Gasteiger partial charge in [0.25, 0.3) is 0 Å². The van der Waals surface area contributed by atoms with Gasteiger partial charge in [-0.25, -0.2) is 5.21 Å². The van der Waals surface area contributed by atoms with Gasteiger partial charge in [-0.1, -0.05) is 25.6 Å². The summed E-state index contributed by atoms with van der Waals surface area (Å²) in [6.07, 6.45) is 4.72. The van der Waals surface area contributed by atoms with Gasteiger partial charge in [-0.15, -0.1) is 0 Å². The maximum Gasteiger partial charge on any atom is 0.195 e. The average Bonchev–Trinajstić information content (AvgIpc) is 2.99. The number of hydrogen-bond acceptors (Lipinski definition) is 4. The lowest BCUT2D eigenvalue weighted by molar-refractivity contribution is -0.843. The Bertz CT molecular complexity index is 336. The van der Waals surface area contributed by atoms with E-state index in [4.69, 9.17) is 5.21 Å². The van der Waals surface area contributed by atoms with E-state index >= 15 is 0 Å². The van der Waals surface area contributed by atoms with Crippen LogP contribution in [-0.4, -0.2) is 41.8 Å². The number of nitrogens with two attached hydrogens (primary N) is 1. The molecule has 1 unspecified atom stereocenters. The molecule has 0 spiro atoms. The third-order valence-corrected chi connectivity index (χ3v) is 5.53. The molecule has 1 fully saturated rings. The predicted molar refractivity (Wildman–Crippen MR) is 79.0 cm³/mol. The van der Waals surface area contributed by atoms with E-state index in [1.165, 1.54) is 31.5 Å². The molecule has 2 aliphatic heterocycles. The maximum atomic E-state index is 10.8. The number of carbonyl (C=O) groups excluding carboxylic acids is 1. The SMILES string of the molecule is CC1=C([NH2+]O)SC(C(C)(C)C=O)C1.CN1CCCC1. The van der Waals surface area contributed by atoms with E-state index in [0.717, 1.165) is 23.2 Å². The molecule has 0 radical (unpaired) electrons. The number of hydroxylamine groups is 1. The summed E-state index contributed by atoms with van der Waals surface area (Å²) in [4.78, 5) is 13.2. The van der Waals surface area contributed by atoms with E-state index in [9.17, 15) is 4.79 Å². The van der Waals surface area contributed by atoms with E-state index < -0.39 is 0 Å². The lowest BCUT2D eigenvalue weighted by Gasteiger charge is -2.23. The van der Waals surface area contributed by atoms with Crippen LogP contribution in [0.2, 0.25) is 0 Å². The molecule has 2 rings (SSSR count). The molecule has 2 aliphatic rings. The second-order valence-electron chi connectivity index (χ2n) is 6.03. The minimum atomic E-state index is -0.309. The molecular weight excluding hydrogens is 260 g/mol. The molecule has 2 heterocycles. The van der Waals surface area contributed by atoms with Gasteiger partial charge in [0.1, 0.15) is 6.29 Å². The van der Waals surface area contributed by atoms with Gasteiger partial charge < -0.3 is 9.69 Å². The van der Waals surface area contributed by atoms with E-state index in [0.29, 0.717) is 0 Å². The molecule has 1 saturated heterocycles. The summed E-state index contributed by atoms with van der Waals surface area (Å²) in [6, 6.07) is 0. The monoisotopic (exact) mass is 287 g/mol. The Hall–Kier alpha value is -0.360. The van der Waals surface area contributed by atoms with Gasteiger partial charge in [0.2, 0.25) is 0 Å². The number of nitrogens with zero attached hydrogens (tertiary/aromatic N) is 1. The van der Waals surface area contributed by atoms with Crippen LogP contribution in [0.3, 0.4) is 0 Å². The topological polar surface area (TPSA) is 57.2 Å². The molecule has 0 aromatic heterocycles. The lowest BCUT2D eigenvalue weighted by atomic mass is 9.88. The Morgan fingerprint density at radius 2 is 2.00 bits per heavy atom. The zero-order chi connectivity index (χ0) is 14.5. The summed E-state index contributed by atoms with van der Waals surface area (Å²) < 4.78 is 0. The molecule has 0 aliphatic carbocycles. The number of hydrogen-bond donors (Lipinski definition) is 2. The highest BCUT2D eigenvalue weighted by Gasteiger charge is 2.37. The third-order valence-electron chi connectivity index (χ3n) is 3.76. The molecule has 5 heteroatoms. The molecule has 19 heavy (non-hydrogen) atoms. The fraction of sp³-hybridized carbons (Fsp3) is 0.786. The first-order valence-electron chi connectivity index (χ1n) is 6.89. The fourth-order valence-electron chi connectivity index (χ4n) is 2.18. The van der Waals surface area contributed by atoms with Gasteiger partial charge in [0.05, 0.1) is 0 Å². The molecular formula is C14H27N2O2S+. The van der Waals surface area contributed by atoms with Crippen molar-refractivity contribution in [2.45, 2.75) is 45.3 Å². The highest BCUT2D eigenvalue weighted by molar-refractivity contribution is 8.03. The molecule has 0 saturated carbocycles. The summed E-state index contributed by atoms with van der Waals surface area (Å²) in [7, 11) is 2.17. The van der Waals surface area contributed by atoms with Crippen molar-refractivity contribution in [2.75, 3.05) is 20.1 Å². The number of quaternary nitrogens is 1. The van der Waals surface area contributed by atoms with Crippen LogP contribution in [0.25, 0.3) is 0 Å². The minimum absolute atomic E-state index is 0.267. The van der Waals surface area contributed by atoms with E-state index in [-0.39, 0.29) is 10.7 Å². The molecule has 110 valence electrons. The van der Waals surface area contributed by atoms with Crippen molar-refractivity contribution in [3.8, 4) is 0 Å². The minimum Gasteiger partial charge on any atom is -0.306 e. The number of carbonyl (C=O) groups is 1. The Morgan fingerprint density at radius 1 is 1.42 bits per heavy atom. The molecule has 3 N–H and O–H groups in total. The first-order valence-corrected chi connectivity index (χ1v) is 7.77. The third kappa shape index (κ3) is 4.91. The van der Waals surface area contributed by atoms with Gasteiger partial charge >= 0.3 is 0 Å². The van der Waals surface area contributed by atoms with Crippen LogP contribution in [0.15, 0.2) is 10.6 Å². The standard InChI is InChI=1S/C9H15NO2S.C5H11N/c1-6-4-7(9(2,3)5-11)13-8(6)10-12;1-6-4-2-3-5-6/h5,7,10,12H,4H2,1-3H3;2-5H2,1H3/p+1. The van der Waals surface area contributed by atoms with Crippen LogP contribution in [0.5, 0.6) is 0 Å². The molecule has 1 atom stereocenters. The van der Waals surface area contributed by atoms with Gasteiger partial charge in [-0.2, -0.15) is 5.48 Å². The average molecular weight is 287 g/mol. The Labute approximate surface area is 120 Å². The first-order chi connectivity index (χ1) is 8.90. The van der Waals surface area contributed by atoms with E-state index in [2.05, 4.69) is 11.9 Å². The Balaban J connectivity index is 0.000000250. The summed E-state index contributed by atoms with van der Waals surface area (Å²) in [5, 5.41) is 10.1. The van der Waals surface area contributed by atoms with Gasteiger partial charge in [-0.05, 0) is 51.9 Å². The largest absolute Gasteiger partial charge is 0.306 e.